The maximum absolute atomic E-state index is 13.9. The monoisotopic (exact) mass is 603 g/mol. The zero-order chi connectivity index (χ0) is 31.1. The minimum atomic E-state index is -5.08. The van der Waals surface area contributed by atoms with E-state index in [-0.39, 0.29) is 16.9 Å². The predicted molar refractivity (Wildman–Crippen MR) is 144 cm³/mol. The van der Waals surface area contributed by atoms with Gasteiger partial charge in [0.25, 0.3) is 6.43 Å². The molecule has 1 saturated heterocycles. The summed E-state index contributed by atoms with van der Waals surface area (Å²) in [6, 6.07) is 8.99. The van der Waals surface area contributed by atoms with Gasteiger partial charge in [0.15, 0.2) is 5.82 Å². The zero-order valence-corrected chi connectivity index (χ0v) is 23.5. The van der Waals surface area contributed by atoms with Crippen LogP contribution < -0.4 is 10.2 Å². The van der Waals surface area contributed by atoms with Crippen LogP contribution in [0.4, 0.5) is 39.3 Å². The molecule has 0 spiro atoms. The van der Waals surface area contributed by atoms with Crippen molar-refractivity contribution in [2.24, 2.45) is 5.92 Å². The van der Waals surface area contributed by atoms with Crippen molar-refractivity contribution in [2.45, 2.75) is 43.3 Å². The van der Waals surface area contributed by atoms with Crippen LogP contribution in [0.15, 0.2) is 29.2 Å². The molecule has 2 atom stereocenters. The molecule has 2 aromatic rings. The molecule has 1 aliphatic rings. The number of carboxylic acids is 2. The van der Waals surface area contributed by atoms with E-state index < -0.39 is 30.5 Å². The van der Waals surface area contributed by atoms with Crippen molar-refractivity contribution in [2.75, 3.05) is 43.7 Å². The van der Waals surface area contributed by atoms with Gasteiger partial charge in [0.2, 0.25) is 0 Å². The van der Waals surface area contributed by atoms with Crippen LogP contribution in [0.3, 0.4) is 0 Å². The minimum absolute atomic E-state index is 0.0716. The summed E-state index contributed by atoms with van der Waals surface area (Å²) in [7, 11) is 3.97. The molecule has 9 nitrogen and oxygen atoms in total. The lowest BCUT2D eigenvalue weighted by Crippen LogP contribution is -2.31. The molecular weight excluding hydrogens is 573 g/mol. The van der Waals surface area contributed by atoms with Crippen molar-refractivity contribution in [3.05, 3.63) is 41.0 Å². The first kappa shape index (κ1) is 33.6. The van der Waals surface area contributed by atoms with E-state index in [4.69, 9.17) is 9.90 Å². The molecule has 0 radical (unpaired) electrons. The lowest BCUT2D eigenvalue weighted by molar-refractivity contribution is -0.192. The molecule has 3 rings (SSSR count). The van der Waals surface area contributed by atoms with Gasteiger partial charge in [0.1, 0.15) is 17.5 Å². The zero-order valence-electron chi connectivity index (χ0n) is 22.7. The van der Waals surface area contributed by atoms with Gasteiger partial charge < -0.3 is 25.3 Å². The van der Waals surface area contributed by atoms with E-state index in [9.17, 15) is 37.1 Å². The number of nitrogens with one attached hydrogen (secondary N) is 1. The molecule has 0 aliphatic carbocycles. The molecule has 2 heterocycles. The van der Waals surface area contributed by atoms with Crippen molar-refractivity contribution < 1.29 is 41.8 Å². The van der Waals surface area contributed by atoms with Crippen molar-refractivity contribution in [3.63, 3.8) is 0 Å². The van der Waals surface area contributed by atoms with Crippen molar-refractivity contribution in [3.8, 4) is 6.07 Å². The Morgan fingerprint density at radius 3 is 2.37 bits per heavy atom. The van der Waals surface area contributed by atoms with Gasteiger partial charge in [0, 0.05) is 29.6 Å². The number of hydrogen-bond acceptors (Lipinski definition) is 8. The quantitative estimate of drug-likeness (QED) is 0.253. The molecule has 15 heteroatoms. The number of anilines is 3. The topological polar surface area (TPSA) is 130 Å². The molecule has 1 aromatic heterocycles. The number of hydrogen-bond donors (Lipinski definition) is 3. The highest BCUT2D eigenvalue weighted by Gasteiger charge is 2.38. The highest BCUT2D eigenvalue weighted by Crippen LogP contribution is 2.36. The number of carboxylic acid groups (broad SMARTS) is 2. The molecular formula is C26H30F5N5O4S. The number of pyridine rings is 1. The molecule has 224 valence electrons. The summed E-state index contributed by atoms with van der Waals surface area (Å²) in [4.78, 5) is 29.6. The number of benzene rings is 1. The number of alkyl halides is 5. The fourth-order valence-corrected chi connectivity index (χ4v) is 4.55. The fourth-order valence-electron chi connectivity index (χ4n) is 4.01. The van der Waals surface area contributed by atoms with Crippen LogP contribution in [0.2, 0.25) is 0 Å². The summed E-state index contributed by atoms with van der Waals surface area (Å²) in [6.45, 7) is 2.97. The van der Waals surface area contributed by atoms with Gasteiger partial charge in [-0.05, 0) is 57.0 Å². The molecule has 0 unspecified atom stereocenters. The number of likely N-dealkylation sites (N-methyl/N-ethyl adjacent to an activating group) is 1. The number of rotatable bonds is 9. The van der Waals surface area contributed by atoms with Gasteiger partial charge in [-0.3, -0.25) is 4.79 Å². The van der Waals surface area contributed by atoms with E-state index in [1.54, 1.807) is 13.0 Å². The van der Waals surface area contributed by atoms with Gasteiger partial charge in [-0.2, -0.15) is 18.4 Å². The number of aliphatic carboxylic acids is 2. The van der Waals surface area contributed by atoms with Crippen LogP contribution in [-0.2, 0) is 16.0 Å². The van der Waals surface area contributed by atoms with E-state index in [2.05, 4.69) is 15.2 Å². The predicted octanol–water partition coefficient (Wildman–Crippen LogP) is 5.39. The van der Waals surface area contributed by atoms with Gasteiger partial charge in [0.05, 0.1) is 11.6 Å². The number of aromatic nitrogens is 1. The van der Waals surface area contributed by atoms with Crippen molar-refractivity contribution >= 4 is 41.0 Å². The summed E-state index contributed by atoms with van der Waals surface area (Å²) in [6.07, 6.45) is -4.82. The summed E-state index contributed by atoms with van der Waals surface area (Å²) in [5.74, 6) is -3.75. The Bertz CT molecular complexity index is 1290. The third kappa shape index (κ3) is 9.19. The number of thioether (sulfide) groups is 1. The maximum atomic E-state index is 13.9. The first-order valence-corrected chi connectivity index (χ1v) is 13.4. The molecule has 1 aromatic carbocycles. The van der Waals surface area contributed by atoms with E-state index in [0.717, 1.165) is 16.9 Å². The Morgan fingerprint density at radius 1 is 1.27 bits per heavy atom. The Labute approximate surface area is 238 Å². The normalized spacial score (nSPS) is 15.8. The summed E-state index contributed by atoms with van der Waals surface area (Å²) >= 11 is 1.45. The molecule has 3 N–H and O–H groups in total. The van der Waals surface area contributed by atoms with E-state index in [1.807, 2.05) is 43.5 Å². The second-order valence-corrected chi connectivity index (χ2v) is 10.3. The second kappa shape index (κ2) is 14.3. The Morgan fingerprint density at radius 2 is 1.90 bits per heavy atom. The summed E-state index contributed by atoms with van der Waals surface area (Å²) in [5.41, 5.74) is 0.826. The van der Waals surface area contributed by atoms with Crippen LogP contribution in [-0.4, -0.2) is 77.7 Å². The highest BCUT2D eigenvalue weighted by molar-refractivity contribution is 7.98. The smallest absolute Gasteiger partial charge is 0.481 e. The number of carbonyl (C=O) groups is 2. The third-order valence-corrected chi connectivity index (χ3v) is 7.12. The summed E-state index contributed by atoms with van der Waals surface area (Å²) in [5, 5.41) is 29.2. The largest absolute Gasteiger partial charge is 0.490 e. The minimum Gasteiger partial charge on any atom is -0.481 e. The van der Waals surface area contributed by atoms with Gasteiger partial charge in [-0.1, -0.05) is 13.0 Å². The molecule has 0 amide bonds. The fraction of sp³-hybridized carbons (Fsp3) is 0.462. The highest BCUT2D eigenvalue weighted by atomic mass is 32.2. The number of halogens is 5. The molecule has 41 heavy (non-hydrogen) atoms. The van der Waals surface area contributed by atoms with Crippen molar-refractivity contribution in [1.29, 1.82) is 5.26 Å². The van der Waals surface area contributed by atoms with Crippen LogP contribution in [0.5, 0.6) is 0 Å². The first-order valence-electron chi connectivity index (χ1n) is 12.2. The summed E-state index contributed by atoms with van der Waals surface area (Å²) < 4.78 is 59.6. The van der Waals surface area contributed by atoms with Crippen LogP contribution in [0.1, 0.15) is 36.5 Å². The molecule has 1 fully saturated rings. The number of nitrogens with zero attached hydrogens (tertiary/aromatic N) is 4. The lowest BCUT2D eigenvalue weighted by atomic mass is 10.0. The average molecular weight is 604 g/mol. The van der Waals surface area contributed by atoms with Crippen molar-refractivity contribution in [1.82, 2.24) is 9.88 Å². The van der Waals surface area contributed by atoms with Crippen LogP contribution in [0.25, 0.3) is 0 Å². The Kier molecular flexibility index (Phi) is 11.7. The number of nitriles is 1. The van der Waals surface area contributed by atoms with Gasteiger partial charge in [-0.25, -0.2) is 18.6 Å². The maximum Gasteiger partial charge on any atom is 0.490 e. The molecule has 1 aliphatic heterocycles. The van der Waals surface area contributed by atoms with E-state index in [0.29, 0.717) is 37.1 Å². The first-order chi connectivity index (χ1) is 19.1. The van der Waals surface area contributed by atoms with E-state index in [1.165, 1.54) is 17.8 Å². The van der Waals surface area contributed by atoms with E-state index >= 15 is 0 Å². The van der Waals surface area contributed by atoms with Crippen LogP contribution >= 0.6 is 11.8 Å². The molecule has 0 saturated carbocycles. The lowest BCUT2D eigenvalue weighted by Gasteiger charge is -2.23. The molecule has 0 bridgehead atoms. The Hall–Kier alpha value is -3.64. The average Bonchev–Trinajstić information content (AvgIpc) is 3.39. The van der Waals surface area contributed by atoms with Gasteiger partial charge in [-0.15, -0.1) is 11.8 Å². The second-order valence-electron chi connectivity index (χ2n) is 9.46. The van der Waals surface area contributed by atoms with Crippen LogP contribution in [0, 0.1) is 17.2 Å². The SMILES string of the molecule is CSc1ccc(C[C@@H](C)C(=O)O)cc1Nc1nc(N2CC[C@H](N(C)C)C2)cc(C(F)F)c1C#N.O=C(O)C(F)(F)F. The standard InChI is InChI=1S/C24H29F2N5O2S.C2HF3O2/c1-14(24(32)33)9-15-5-6-20(34-4)19(10-15)28-23-18(12-27)17(22(25)26)11-21(29-23)31-8-7-16(13-31)30(2)3;3-2(4,5)1(6)7/h5-6,10-11,14,16,22H,7-9,13H2,1-4H3,(H,28,29)(H,32,33);(H,6,7)/t14-,16+;/m1./s1. The Balaban J connectivity index is 0.000000745. The van der Waals surface area contributed by atoms with Gasteiger partial charge >= 0.3 is 18.1 Å². The third-order valence-electron chi connectivity index (χ3n) is 6.32.